The molecule has 1 N–H and O–H groups in total. The third-order valence-electron chi connectivity index (χ3n) is 6.18. The number of esters is 1. The van der Waals surface area contributed by atoms with E-state index < -0.39 is 35.7 Å². The average molecular weight is 497 g/mol. The quantitative estimate of drug-likeness (QED) is 0.262. The van der Waals surface area contributed by atoms with E-state index in [-0.39, 0.29) is 5.69 Å². The molecule has 1 unspecified atom stereocenters. The number of para-hydroxylation sites is 1. The molecule has 0 fully saturated rings. The standard InChI is InChI=1S/C26H19F4N3O3/c1-36-24(34)23-13-16-4-2-3-5-21(16)32(23)15-25(35,26(28,29)30)18-6-11-22-17(12-18)14-31-33(22)20-9-7-19(27)8-10-20/h2-14,35H,15H2,1H3. The van der Waals surface area contributed by atoms with E-state index in [0.29, 0.717) is 27.5 Å². The van der Waals surface area contributed by atoms with Gasteiger partial charge in [0.15, 0.2) is 0 Å². The number of halogens is 4. The molecule has 2 heterocycles. The monoisotopic (exact) mass is 497 g/mol. The third-order valence-corrected chi connectivity index (χ3v) is 6.18. The van der Waals surface area contributed by atoms with Crippen LogP contribution in [0, 0.1) is 5.82 Å². The van der Waals surface area contributed by atoms with E-state index in [0.717, 1.165) is 11.7 Å². The number of nitrogens with zero attached hydrogens (tertiary/aromatic N) is 3. The molecule has 0 aliphatic rings. The van der Waals surface area contributed by atoms with Crippen molar-refractivity contribution in [3.05, 3.63) is 96.1 Å². The number of ether oxygens (including phenoxy) is 1. The number of hydrogen-bond donors (Lipinski definition) is 1. The Balaban J connectivity index is 1.63. The van der Waals surface area contributed by atoms with Gasteiger partial charge in [-0.15, -0.1) is 0 Å². The molecule has 0 spiro atoms. The highest BCUT2D eigenvalue weighted by molar-refractivity contribution is 5.95. The van der Waals surface area contributed by atoms with E-state index in [1.165, 1.54) is 59.4 Å². The zero-order valence-electron chi connectivity index (χ0n) is 18.8. The van der Waals surface area contributed by atoms with Gasteiger partial charge in [0.1, 0.15) is 11.5 Å². The topological polar surface area (TPSA) is 69.3 Å². The van der Waals surface area contributed by atoms with E-state index >= 15 is 0 Å². The molecule has 0 aliphatic carbocycles. The van der Waals surface area contributed by atoms with Crippen LogP contribution in [0.2, 0.25) is 0 Å². The van der Waals surface area contributed by atoms with Crippen LogP contribution in [0.15, 0.2) is 79.0 Å². The molecule has 10 heteroatoms. The van der Waals surface area contributed by atoms with Crippen LogP contribution in [0.3, 0.4) is 0 Å². The maximum atomic E-state index is 14.5. The number of carbonyl (C=O) groups is 1. The normalized spacial score (nSPS) is 13.7. The number of fused-ring (bicyclic) bond motifs is 2. The summed E-state index contributed by atoms with van der Waals surface area (Å²) in [5.74, 6) is -1.26. The van der Waals surface area contributed by atoms with Gasteiger partial charge in [0, 0.05) is 16.3 Å². The molecule has 5 aromatic rings. The smallest absolute Gasteiger partial charge is 0.423 e. The molecule has 0 saturated carbocycles. The lowest BCUT2D eigenvalue weighted by molar-refractivity contribution is -0.271. The first-order chi connectivity index (χ1) is 17.1. The maximum absolute atomic E-state index is 14.5. The van der Waals surface area contributed by atoms with Crippen molar-refractivity contribution < 1.29 is 32.2 Å². The second kappa shape index (κ2) is 8.49. The Bertz CT molecular complexity index is 1590. The molecule has 0 bridgehead atoms. The fourth-order valence-electron chi connectivity index (χ4n) is 4.31. The summed E-state index contributed by atoms with van der Waals surface area (Å²) in [5, 5.41) is 16.3. The number of rotatable bonds is 5. The molecule has 2 aromatic heterocycles. The van der Waals surface area contributed by atoms with Crippen LogP contribution in [0.4, 0.5) is 17.6 Å². The molecule has 0 radical (unpaired) electrons. The largest absolute Gasteiger partial charge is 0.464 e. The van der Waals surface area contributed by atoms with Crippen LogP contribution in [-0.2, 0) is 16.9 Å². The predicted octanol–water partition coefficient (Wildman–Crippen LogP) is 5.36. The lowest BCUT2D eigenvalue weighted by Gasteiger charge is -2.32. The first-order valence-corrected chi connectivity index (χ1v) is 10.8. The van der Waals surface area contributed by atoms with Crippen LogP contribution in [0.25, 0.3) is 27.5 Å². The van der Waals surface area contributed by atoms with Crippen molar-refractivity contribution >= 4 is 27.8 Å². The van der Waals surface area contributed by atoms with E-state index in [9.17, 15) is 27.5 Å². The van der Waals surface area contributed by atoms with Gasteiger partial charge >= 0.3 is 12.1 Å². The lowest BCUT2D eigenvalue weighted by Crippen LogP contribution is -2.46. The van der Waals surface area contributed by atoms with Gasteiger partial charge in [0.25, 0.3) is 0 Å². The number of methoxy groups -OCH3 is 1. The van der Waals surface area contributed by atoms with E-state index in [4.69, 9.17) is 4.74 Å². The zero-order valence-corrected chi connectivity index (χ0v) is 18.8. The van der Waals surface area contributed by atoms with Crippen LogP contribution in [0.5, 0.6) is 0 Å². The summed E-state index contributed by atoms with van der Waals surface area (Å²) in [4.78, 5) is 12.4. The van der Waals surface area contributed by atoms with E-state index in [2.05, 4.69) is 5.10 Å². The minimum absolute atomic E-state index is 0.119. The molecule has 184 valence electrons. The maximum Gasteiger partial charge on any atom is 0.423 e. The number of alkyl halides is 3. The SMILES string of the molecule is COC(=O)c1cc2ccccc2n1CC(O)(c1ccc2c(cnn2-c2ccc(F)cc2)c1)C(F)(F)F. The number of hydrogen-bond acceptors (Lipinski definition) is 4. The van der Waals surface area contributed by atoms with E-state index in [1.54, 1.807) is 24.3 Å². The highest BCUT2D eigenvalue weighted by Gasteiger charge is 2.55. The molecule has 0 saturated heterocycles. The first-order valence-electron chi connectivity index (χ1n) is 10.8. The number of aromatic nitrogens is 3. The summed E-state index contributed by atoms with van der Waals surface area (Å²) in [5.41, 5.74) is -2.56. The Morgan fingerprint density at radius 2 is 1.69 bits per heavy atom. The second-order valence-corrected chi connectivity index (χ2v) is 8.33. The minimum Gasteiger partial charge on any atom is -0.464 e. The van der Waals surface area contributed by atoms with Gasteiger partial charge < -0.3 is 14.4 Å². The summed E-state index contributed by atoms with van der Waals surface area (Å²) in [6.45, 7) is -0.980. The first kappa shape index (κ1) is 23.6. The third kappa shape index (κ3) is 3.79. The van der Waals surface area contributed by atoms with Crippen molar-refractivity contribution in [3.63, 3.8) is 0 Å². The van der Waals surface area contributed by atoms with Crippen LogP contribution >= 0.6 is 0 Å². The van der Waals surface area contributed by atoms with Crippen molar-refractivity contribution in [2.45, 2.75) is 18.3 Å². The van der Waals surface area contributed by atoms with Crippen molar-refractivity contribution in [2.24, 2.45) is 0 Å². The summed E-state index contributed by atoms with van der Waals surface area (Å²) >= 11 is 0. The summed E-state index contributed by atoms with van der Waals surface area (Å²) in [6, 6.07) is 17.2. The number of carbonyl (C=O) groups excluding carboxylic acids is 1. The molecule has 36 heavy (non-hydrogen) atoms. The fraction of sp³-hybridized carbons (Fsp3) is 0.154. The van der Waals surface area contributed by atoms with Gasteiger partial charge in [-0.25, -0.2) is 13.9 Å². The molecule has 6 nitrogen and oxygen atoms in total. The van der Waals surface area contributed by atoms with Crippen molar-refractivity contribution in [2.75, 3.05) is 7.11 Å². The van der Waals surface area contributed by atoms with Crippen molar-refractivity contribution in [1.29, 1.82) is 0 Å². The molecule has 3 aromatic carbocycles. The van der Waals surface area contributed by atoms with Crippen LogP contribution in [-0.4, -0.2) is 38.7 Å². The van der Waals surface area contributed by atoms with Gasteiger partial charge in [-0.05, 0) is 54.1 Å². The van der Waals surface area contributed by atoms with Gasteiger partial charge in [-0.3, -0.25) is 0 Å². The molecule has 0 aliphatic heterocycles. The number of benzene rings is 3. The average Bonchev–Trinajstić information content (AvgIpc) is 3.44. The number of aliphatic hydroxyl groups is 1. The fourth-order valence-corrected chi connectivity index (χ4v) is 4.31. The lowest BCUT2D eigenvalue weighted by atomic mass is 9.91. The second-order valence-electron chi connectivity index (χ2n) is 8.33. The molecular weight excluding hydrogens is 478 g/mol. The minimum atomic E-state index is -5.09. The Morgan fingerprint density at radius 3 is 2.39 bits per heavy atom. The Hall–Kier alpha value is -4.18. The molecule has 1 atom stereocenters. The summed E-state index contributed by atoms with van der Waals surface area (Å²) in [7, 11) is 1.13. The summed E-state index contributed by atoms with van der Waals surface area (Å²) < 4.78 is 64.0. The van der Waals surface area contributed by atoms with Gasteiger partial charge in [0.05, 0.1) is 31.1 Å². The Labute approximate surface area is 201 Å². The van der Waals surface area contributed by atoms with Crippen LogP contribution in [0.1, 0.15) is 16.1 Å². The van der Waals surface area contributed by atoms with Crippen LogP contribution < -0.4 is 0 Å². The Kier molecular flexibility index (Phi) is 5.55. The molecular formula is C26H19F4N3O3. The molecule has 5 rings (SSSR count). The predicted molar refractivity (Wildman–Crippen MR) is 124 cm³/mol. The summed E-state index contributed by atoms with van der Waals surface area (Å²) in [6.07, 6.45) is -3.73. The molecule has 0 amide bonds. The zero-order chi connectivity index (χ0) is 25.7. The van der Waals surface area contributed by atoms with E-state index in [1.807, 2.05) is 0 Å². The highest BCUT2D eigenvalue weighted by atomic mass is 19.4. The van der Waals surface area contributed by atoms with Crippen molar-refractivity contribution in [3.8, 4) is 5.69 Å². The van der Waals surface area contributed by atoms with Gasteiger partial charge in [0.2, 0.25) is 5.60 Å². The van der Waals surface area contributed by atoms with Crippen molar-refractivity contribution in [1.82, 2.24) is 14.3 Å². The van der Waals surface area contributed by atoms with Gasteiger partial charge in [-0.2, -0.15) is 18.3 Å². The Morgan fingerprint density at radius 1 is 0.972 bits per heavy atom. The highest BCUT2D eigenvalue weighted by Crippen LogP contribution is 2.42. The van der Waals surface area contributed by atoms with Gasteiger partial charge in [-0.1, -0.05) is 24.3 Å².